The predicted molar refractivity (Wildman–Crippen MR) is 96.5 cm³/mol. The summed E-state index contributed by atoms with van der Waals surface area (Å²) in [6.07, 6.45) is 3.09. The van der Waals surface area contributed by atoms with Crippen LogP contribution in [0, 0.1) is 0 Å². The number of nitrogens with zero attached hydrogens (tertiary/aromatic N) is 5. The Kier molecular flexibility index (Phi) is 5.27. The average Bonchev–Trinajstić information content (AvgIpc) is 3.17. The lowest BCUT2D eigenvalue weighted by Gasteiger charge is -2.03. The highest BCUT2D eigenvalue weighted by Crippen LogP contribution is 2.23. The van der Waals surface area contributed by atoms with E-state index in [0.717, 1.165) is 5.56 Å². The topological polar surface area (TPSA) is 77.6 Å². The molecule has 0 saturated heterocycles. The molecule has 0 fully saturated rings. The monoisotopic (exact) mass is 398 g/mol. The zero-order valence-corrected chi connectivity index (χ0v) is 15.3. The predicted octanol–water partition coefficient (Wildman–Crippen LogP) is 3.76. The molecule has 2 heterocycles. The standard InChI is InChI=1S/C15H13Cl3N6O/c1-2-23-7-12(18)13(21-23)14(25)20-15-19-8-24(22-15)6-9-3-4-10(16)11(17)5-9/h3-5,7-8H,2,6H2,1H3,(H,20,22,25). The lowest BCUT2D eigenvalue weighted by atomic mass is 10.2. The number of carbonyl (C=O) groups excluding carboxylic acids is 1. The minimum absolute atomic E-state index is 0.129. The fraction of sp³-hybridized carbons (Fsp3) is 0.200. The second kappa shape index (κ2) is 7.43. The van der Waals surface area contributed by atoms with Crippen LogP contribution in [0.25, 0.3) is 0 Å². The van der Waals surface area contributed by atoms with Crippen molar-refractivity contribution in [1.82, 2.24) is 24.5 Å². The number of benzene rings is 1. The molecule has 25 heavy (non-hydrogen) atoms. The van der Waals surface area contributed by atoms with Crippen molar-refractivity contribution in [3.05, 3.63) is 57.0 Å². The van der Waals surface area contributed by atoms with Crippen LogP contribution >= 0.6 is 34.8 Å². The maximum absolute atomic E-state index is 12.2. The highest BCUT2D eigenvalue weighted by atomic mass is 35.5. The maximum Gasteiger partial charge on any atom is 0.280 e. The Morgan fingerprint density at radius 2 is 1.92 bits per heavy atom. The Morgan fingerprint density at radius 1 is 1.12 bits per heavy atom. The lowest BCUT2D eigenvalue weighted by molar-refractivity contribution is 0.102. The molecule has 1 aromatic carbocycles. The van der Waals surface area contributed by atoms with Crippen molar-refractivity contribution in [3.63, 3.8) is 0 Å². The number of anilines is 1. The summed E-state index contributed by atoms with van der Waals surface area (Å²) < 4.78 is 3.15. The summed E-state index contributed by atoms with van der Waals surface area (Å²) >= 11 is 17.9. The molecule has 0 aliphatic rings. The average molecular weight is 400 g/mol. The van der Waals surface area contributed by atoms with E-state index in [2.05, 4.69) is 20.5 Å². The quantitative estimate of drug-likeness (QED) is 0.708. The number of aryl methyl sites for hydroxylation is 1. The summed E-state index contributed by atoms with van der Waals surface area (Å²) in [5.74, 6) is -0.309. The molecule has 7 nitrogen and oxygen atoms in total. The van der Waals surface area contributed by atoms with Gasteiger partial charge in [0, 0.05) is 12.7 Å². The van der Waals surface area contributed by atoms with Gasteiger partial charge in [0.15, 0.2) is 5.69 Å². The van der Waals surface area contributed by atoms with E-state index >= 15 is 0 Å². The normalized spacial score (nSPS) is 10.9. The molecular weight excluding hydrogens is 387 g/mol. The smallest absolute Gasteiger partial charge is 0.280 e. The van der Waals surface area contributed by atoms with Gasteiger partial charge in [-0.1, -0.05) is 40.9 Å². The van der Waals surface area contributed by atoms with E-state index in [4.69, 9.17) is 34.8 Å². The number of rotatable bonds is 5. The van der Waals surface area contributed by atoms with Crippen LogP contribution in [0.3, 0.4) is 0 Å². The number of aromatic nitrogens is 5. The van der Waals surface area contributed by atoms with E-state index in [1.165, 1.54) is 6.33 Å². The van der Waals surface area contributed by atoms with Crippen LogP contribution < -0.4 is 5.32 Å². The molecule has 0 aliphatic heterocycles. The minimum Gasteiger partial charge on any atom is -0.288 e. The van der Waals surface area contributed by atoms with Gasteiger partial charge in [0.05, 0.1) is 21.6 Å². The Hall–Kier alpha value is -2.09. The molecule has 130 valence electrons. The van der Waals surface area contributed by atoms with Crippen molar-refractivity contribution < 1.29 is 4.79 Å². The van der Waals surface area contributed by atoms with Crippen LogP contribution in [-0.4, -0.2) is 30.5 Å². The first kappa shape index (κ1) is 17.7. The van der Waals surface area contributed by atoms with Crippen molar-refractivity contribution in [2.45, 2.75) is 20.0 Å². The number of carbonyl (C=O) groups is 1. The molecule has 0 atom stereocenters. The molecule has 3 aromatic rings. The third-order valence-electron chi connectivity index (χ3n) is 3.35. The van der Waals surface area contributed by atoms with E-state index in [0.29, 0.717) is 23.1 Å². The van der Waals surface area contributed by atoms with Gasteiger partial charge in [-0.25, -0.2) is 9.67 Å². The molecule has 2 aromatic heterocycles. The van der Waals surface area contributed by atoms with E-state index in [1.54, 1.807) is 27.7 Å². The second-order valence-electron chi connectivity index (χ2n) is 5.15. The van der Waals surface area contributed by atoms with Gasteiger partial charge in [-0.3, -0.25) is 14.8 Å². The first-order valence-electron chi connectivity index (χ1n) is 7.34. The Balaban J connectivity index is 1.69. The van der Waals surface area contributed by atoms with E-state index in [-0.39, 0.29) is 16.7 Å². The number of amides is 1. The summed E-state index contributed by atoms with van der Waals surface area (Å²) in [6, 6.07) is 5.30. The Bertz CT molecular complexity index is 920. The first-order chi connectivity index (χ1) is 12.0. The molecule has 0 bridgehead atoms. The van der Waals surface area contributed by atoms with Gasteiger partial charge < -0.3 is 0 Å². The zero-order chi connectivity index (χ0) is 18.0. The molecule has 1 amide bonds. The highest BCUT2D eigenvalue weighted by Gasteiger charge is 2.17. The van der Waals surface area contributed by atoms with Crippen LogP contribution in [0.5, 0.6) is 0 Å². The van der Waals surface area contributed by atoms with Crippen LogP contribution in [0.4, 0.5) is 5.95 Å². The molecule has 0 saturated carbocycles. The van der Waals surface area contributed by atoms with Crippen molar-refractivity contribution in [3.8, 4) is 0 Å². The maximum atomic E-state index is 12.2. The van der Waals surface area contributed by atoms with Crippen LogP contribution in [0.15, 0.2) is 30.7 Å². The largest absolute Gasteiger partial charge is 0.288 e. The van der Waals surface area contributed by atoms with Gasteiger partial charge >= 0.3 is 0 Å². The van der Waals surface area contributed by atoms with Crippen molar-refractivity contribution in [1.29, 1.82) is 0 Å². The van der Waals surface area contributed by atoms with Gasteiger partial charge in [0.1, 0.15) is 6.33 Å². The van der Waals surface area contributed by atoms with Gasteiger partial charge in [0.2, 0.25) is 5.95 Å². The van der Waals surface area contributed by atoms with Gasteiger partial charge in [0.25, 0.3) is 5.91 Å². The zero-order valence-electron chi connectivity index (χ0n) is 13.1. The highest BCUT2D eigenvalue weighted by molar-refractivity contribution is 6.42. The van der Waals surface area contributed by atoms with E-state index in [1.807, 2.05) is 13.0 Å². The van der Waals surface area contributed by atoms with Crippen LogP contribution in [0.1, 0.15) is 23.0 Å². The van der Waals surface area contributed by atoms with Crippen molar-refractivity contribution in [2.75, 3.05) is 5.32 Å². The summed E-state index contributed by atoms with van der Waals surface area (Å²) in [4.78, 5) is 16.3. The molecule has 3 rings (SSSR count). The third kappa shape index (κ3) is 4.12. The van der Waals surface area contributed by atoms with Crippen molar-refractivity contribution >= 4 is 46.7 Å². The van der Waals surface area contributed by atoms with Gasteiger partial charge in [-0.15, -0.1) is 5.10 Å². The number of hydrogen-bond donors (Lipinski definition) is 1. The molecule has 10 heteroatoms. The van der Waals surface area contributed by atoms with E-state index < -0.39 is 5.91 Å². The molecule has 1 N–H and O–H groups in total. The molecule has 0 aliphatic carbocycles. The summed E-state index contributed by atoms with van der Waals surface area (Å²) in [6.45, 7) is 2.95. The summed E-state index contributed by atoms with van der Waals surface area (Å²) in [5, 5.41) is 12.1. The Morgan fingerprint density at radius 3 is 2.60 bits per heavy atom. The number of hydrogen-bond acceptors (Lipinski definition) is 4. The molecule has 0 radical (unpaired) electrons. The fourth-order valence-corrected chi connectivity index (χ4v) is 2.68. The van der Waals surface area contributed by atoms with Gasteiger partial charge in [-0.05, 0) is 24.6 Å². The van der Waals surface area contributed by atoms with Gasteiger partial charge in [-0.2, -0.15) is 5.10 Å². The van der Waals surface area contributed by atoms with Crippen LogP contribution in [-0.2, 0) is 13.1 Å². The summed E-state index contributed by atoms with van der Waals surface area (Å²) in [5.41, 5.74) is 1.03. The molecular formula is C15H13Cl3N6O. The minimum atomic E-state index is -0.468. The Labute approximate surface area is 158 Å². The lowest BCUT2D eigenvalue weighted by Crippen LogP contribution is -2.15. The third-order valence-corrected chi connectivity index (χ3v) is 4.36. The fourth-order valence-electron chi connectivity index (χ4n) is 2.13. The van der Waals surface area contributed by atoms with E-state index in [9.17, 15) is 4.79 Å². The van der Waals surface area contributed by atoms with Crippen molar-refractivity contribution in [2.24, 2.45) is 0 Å². The summed E-state index contributed by atoms with van der Waals surface area (Å²) in [7, 11) is 0. The first-order valence-corrected chi connectivity index (χ1v) is 8.47. The number of nitrogens with one attached hydrogen (secondary N) is 1. The van der Waals surface area contributed by atoms with Crippen LogP contribution in [0.2, 0.25) is 15.1 Å². The second-order valence-corrected chi connectivity index (χ2v) is 6.37. The SMILES string of the molecule is CCn1cc(Cl)c(C(=O)Nc2ncn(Cc3ccc(Cl)c(Cl)c3)n2)n1. The molecule has 0 spiro atoms. The molecule has 0 unspecified atom stereocenters. The number of halogens is 3.